The summed E-state index contributed by atoms with van der Waals surface area (Å²) in [7, 11) is 0. The van der Waals surface area contributed by atoms with Gasteiger partial charge in [-0.25, -0.2) is 4.98 Å². The standard InChI is InChI=1S/C28H43N5O4S/c1-19(2)14-24(34)27(37)23(15-20-8-4-3-5-9-20)33(17-22-18-38-28(29)32-22)26(36)12-11-25(35)31-16-21-10-6-7-13-30-21/h6-7,10,13,18-20,23-24,27,34,37H,3-5,8-9,11-12,14-17H2,1-2H3,(H2,29,32)(H,31,35)/t23-,24-,27+/m0/s1. The van der Waals surface area contributed by atoms with Crippen LogP contribution in [0.2, 0.25) is 0 Å². The van der Waals surface area contributed by atoms with Gasteiger partial charge in [-0.3, -0.25) is 14.6 Å². The summed E-state index contributed by atoms with van der Waals surface area (Å²) in [5, 5.41) is 27.3. The summed E-state index contributed by atoms with van der Waals surface area (Å²) >= 11 is 1.30. The van der Waals surface area contributed by atoms with Gasteiger partial charge in [-0.05, 0) is 36.8 Å². The maximum Gasteiger partial charge on any atom is 0.223 e. The van der Waals surface area contributed by atoms with Gasteiger partial charge in [-0.1, -0.05) is 52.0 Å². The lowest BCUT2D eigenvalue weighted by atomic mass is 9.81. The fourth-order valence-electron chi connectivity index (χ4n) is 5.20. The zero-order valence-electron chi connectivity index (χ0n) is 22.6. The summed E-state index contributed by atoms with van der Waals surface area (Å²) in [4.78, 5) is 36.4. The van der Waals surface area contributed by atoms with Crippen molar-refractivity contribution in [3.8, 4) is 0 Å². The molecule has 0 radical (unpaired) electrons. The summed E-state index contributed by atoms with van der Waals surface area (Å²) in [6.45, 7) is 4.46. The van der Waals surface area contributed by atoms with Gasteiger partial charge >= 0.3 is 0 Å². The van der Waals surface area contributed by atoms with Crippen LogP contribution >= 0.6 is 11.3 Å². The van der Waals surface area contributed by atoms with Crippen molar-refractivity contribution in [1.29, 1.82) is 0 Å². The van der Waals surface area contributed by atoms with Gasteiger partial charge in [0.05, 0.1) is 36.6 Å². The highest BCUT2D eigenvalue weighted by Crippen LogP contribution is 2.32. The summed E-state index contributed by atoms with van der Waals surface area (Å²) in [6.07, 6.45) is 6.22. The minimum atomic E-state index is -1.10. The van der Waals surface area contributed by atoms with Crippen molar-refractivity contribution in [3.63, 3.8) is 0 Å². The number of nitrogen functional groups attached to an aromatic ring is 1. The predicted octanol–water partition coefficient (Wildman–Crippen LogP) is 3.65. The van der Waals surface area contributed by atoms with Crippen LogP contribution < -0.4 is 11.1 Å². The van der Waals surface area contributed by atoms with Crippen LogP contribution in [0, 0.1) is 11.8 Å². The number of rotatable bonds is 14. The average molecular weight is 546 g/mol. The van der Waals surface area contributed by atoms with E-state index in [0.29, 0.717) is 36.1 Å². The Balaban J connectivity index is 1.75. The Hall–Kier alpha value is -2.56. The van der Waals surface area contributed by atoms with E-state index in [9.17, 15) is 19.8 Å². The van der Waals surface area contributed by atoms with E-state index in [1.807, 2.05) is 37.4 Å². The minimum absolute atomic E-state index is 0.0121. The number of amides is 2. The second-order valence-corrected chi connectivity index (χ2v) is 11.7. The third kappa shape index (κ3) is 9.63. The molecule has 1 aliphatic rings. The first kappa shape index (κ1) is 30.0. The van der Waals surface area contributed by atoms with Gasteiger partial charge in [0.15, 0.2) is 5.13 Å². The number of nitrogens with two attached hydrogens (primary N) is 1. The highest BCUT2D eigenvalue weighted by atomic mass is 32.1. The molecule has 5 N–H and O–H groups in total. The molecule has 0 saturated heterocycles. The molecule has 1 fully saturated rings. The molecule has 0 aliphatic heterocycles. The molecular weight excluding hydrogens is 502 g/mol. The summed E-state index contributed by atoms with van der Waals surface area (Å²) in [6, 6.07) is 4.91. The van der Waals surface area contributed by atoms with Gasteiger partial charge in [0.1, 0.15) is 6.10 Å². The lowest BCUT2D eigenvalue weighted by molar-refractivity contribution is -0.142. The molecule has 0 bridgehead atoms. The Labute approximate surface area is 229 Å². The Morgan fingerprint density at radius 2 is 1.92 bits per heavy atom. The Kier molecular flexibility index (Phi) is 11.9. The van der Waals surface area contributed by atoms with Crippen molar-refractivity contribution >= 4 is 28.3 Å². The molecule has 1 aliphatic carbocycles. The van der Waals surface area contributed by atoms with E-state index >= 15 is 0 Å². The molecular formula is C28H43N5O4S. The molecule has 210 valence electrons. The number of aromatic nitrogens is 2. The van der Waals surface area contributed by atoms with Gasteiger partial charge in [0.25, 0.3) is 0 Å². The minimum Gasteiger partial charge on any atom is -0.390 e. The first-order valence-electron chi connectivity index (χ1n) is 13.7. The van der Waals surface area contributed by atoms with Gasteiger partial charge in [-0.15, -0.1) is 11.3 Å². The normalized spacial score (nSPS) is 16.7. The van der Waals surface area contributed by atoms with Crippen molar-refractivity contribution in [2.45, 2.75) is 103 Å². The predicted molar refractivity (Wildman–Crippen MR) is 149 cm³/mol. The van der Waals surface area contributed by atoms with Crippen molar-refractivity contribution in [3.05, 3.63) is 41.2 Å². The fraction of sp³-hybridized carbons (Fsp3) is 0.643. The average Bonchev–Trinajstić information content (AvgIpc) is 3.33. The molecule has 1 saturated carbocycles. The quantitative estimate of drug-likeness (QED) is 0.284. The number of carbonyl (C=O) groups excluding carboxylic acids is 2. The van der Waals surface area contributed by atoms with Crippen LogP contribution in [0.25, 0.3) is 0 Å². The molecule has 38 heavy (non-hydrogen) atoms. The van der Waals surface area contributed by atoms with Crippen LogP contribution in [0.15, 0.2) is 29.8 Å². The highest BCUT2D eigenvalue weighted by molar-refractivity contribution is 7.13. The molecule has 2 aromatic rings. The van der Waals surface area contributed by atoms with Crippen molar-refractivity contribution < 1.29 is 19.8 Å². The number of aliphatic hydroxyl groups is 2. The number of thiazole rings is 1. The van der Waals surface area contributed by atoms with Crippen LogP contribution in [0.4, 0.5) is 5.13 Å². The zero-order chi connectivity index (χ0) is 27.5. The van der Waals surface area contributed by atoms with Crippen LogP contribution in [-0.2, 0) is 22.7 Å². The number of nitrogens with one attached hydrogen (secondary N) is 1. The van der Waals surface area contributed by atoms with E-state index in [1.165, 1.54) is 17.8 Å². The lowest BCUT2D eigenvalue weighted by Crippen LogP contribution is -2.52. The van der Waals surface area contributed by atoms with Crippen molar-refractivity contribution in [1.82, 2.24) is 20.2 Å². The molecule has 0 unspecified atom stereocenters. The largest absolute Gasteiger partial charge is 0.390 e. The second-order valence-electron chi connectivity index (χ2n) is 10.8. The molecule has 0 aromatic carbocycles. The molecule has 2 aromatic heterocycles. The Bertz CT molecular complexity index is 996. The molecule has 2 heterocycles. The molecule has 2 amide bonds. The van der Waals surface area contributed by atoms with Crippen LogP contribution in [-0.4, -0.2) is 55.1 Å². The third-order valence-corrected chi connectivity index (χ3v) is 7.90. The van der Waals surface area contributed by atoms with Crippen LogP contribution in [0.3, 0.4) is 0 Å². The van der Waals surface area contributed by atoms with Crippen molar-refractivity contribution in [2.24, 2.45) is 11.8 Å². The number of pyridine rings is 1. The summed E-state index contributed by atoms with van der Waals surface area (Å²) in [5.41, 5.74) is 7.23. The highest BCUT2D eigenvalue weighted by Gasteiger charge is 2.36. The number of aliphatic hydroxyl groups excluding tert-OH is 2. The summed E-state index contributed by atoms with van der Waals surface area (Å²) < 4.78 is 0. The molecule has 0 spiro atoms. The van der Waals surface area contributed by atoms with E-state index in [4.69, 9.17) is 5.73 Å². The van der Waals surface area contributed by atoms with E-state index in [-0.39, 0.29) is 37.1 Å². The van der Waals surface area contributed by atoms with Crippen LogP contribution in [0.1, 0.15) is 83.0 Å². The maximum absolute atomic E-state index is 13.7. The van der Waals surface area contributed by atoms with Gasteiger partial charge in [-0.2, -0.15) is 0 Å². The number of anilines is 1. The maximum atomic E-state index is 13.7. The van der Waals surface area contributed by atoms with Crippen LogP contribution in [0.5, 0.6) is 0 Å². The van der Waals surface area contributed by atoms with E-state index in [0.717, 1.165) is 31.4 Å². The fourth-order valence-corrected chi connectivity index (χ4v) is 5.75. The smallest absolute Gasteiger partial charge is 0.223 e. The third-order valence-electron chi connectivity index (χ3n) is 7.18. The topological polar surface area (TPSA) is 142 Å². The Morgan fingerprint density at radius 1 is 1.16 bits per heavy atom. The second kappa shape index (κ2) is 15.1. The monoisotopic (exact) mass is 545 g/mol. The molecule has 9 nitrogen and oxygen atoms in total. The number of hydrogen-bond donors (Lipinski definition) is 4. The summed E-state index contributed by atoms with van der Waals surface area (Å²) in [5.74, 6) is 0.0691. The molecule has 3 atom stereocenters. The zero-order valence-corrected chi connectivity index (χ0v) is 23.4. The molecule has 10 heteroatoms. The number of carbonyl (C=O) groups is 2. The molecule has 3 rings (SSSR count). The number of nitrogens with zero attached hydrogens (tertiary/aromatic N) is 3. The number of hydrogen-bond acceptors (Lipinski definition) is 8. The van der Waals surface area contributed by atoms with Crippen molar-refractivity contribution in [2.75, 3.05) is 5.73 Å². The van der Waals surface area contributed by atoms with Gasteiger partial charge in [0, 0.05) is 24.4 Å². The van der Waals surface area contributed by atoms with Gasteiger partial charge in [0.2, 0.25) is 11.8 Å². The first-order chi connectivity index (χ1) is 18.2. The van der Waals surface area contributed by atoms with E-state index < -0.39 is 18.2 Å². The van der Waals surface area contributed by atoms with E-state index in [1.54, 1.807) is 11.1 Å². The van der Waals surface area contributed by atoms with Gasteiger partial charge < -0.3 is 26.2 Å². The lowest BCUT2D eigenvalue weighted by Gasteiger charge is -2.39. The SMILES string of the molecule is CC(C)C[C@H](O)[C@H](O)[C@H](CC1CCCCC1)N(Cc1csc(N)n1)C(=O)CCC(=O)NCc1ccccn1. The first-order valence-corrected chi connectivity index (χ1v) is 14.6. The van der Waals surface area contributed by atoms with E-state index in [2.05, 4.69) is 15.3 Å². The Morgan fingerprint density at radius 3 is 2.55 bits per heavy atom.